The number of carbonyl (C=O) groups is 2. The van der Waals surface area contributed by atoms with Gasteiger partial charge in [-0.2, -0.15) is 0 Å². The van der Waals surface area contributed by atoms with Crippen LogP contribution in [0, 0.1) is 5.92 Å². The Bertz CT molecular complexity index is 800. The van der Waals surface area contributed by atoms with Crippen molar-refractivity contribution in [1.82, 2.24) is 14.4 Å². The van der Waals surface area contributed by atoms with Crippen molar-refractivity contribution in [3.63, 3.8) is 0 Å². The van der Waals surface area contributed by atoms with E-state index in [1.54, 1.807) is 6.07 Å². The Labute approximate surface area is 167 Å². The SMILES string of the molecule is CCCN(Cc1cccn1Cc1ccc(C(=O)N2CCCC2)o1)C(=O)C(C)C. The Hall–Kier alpha value is -2.50. The van der Waals surface area contributed by atoms with Crippen molar-refractivity contribution in [3.05, 3.63) is 47.7 Å². The van der Waals surface area contributed by atoms with Gasteiger partial charge in [-0.3, -0.25) is 9.59 Å². The molecule has 1 fully saturated rings. The van der Waals surface area contributed by atoms with E-state index < -0.39 is 0 Å². The summed E-state index contributed by atoms with van der Waals surface area (Å²) in [6, 6.07) is 7.66. The molecule has 6 nitrogen and oxygen atoms in total. The van der Waals surface area contributed by atoms with Crippen molar-refractivity contribution in [1.29, 1.82) is 0 Å². The zero-order valence-electron chi connectivity index (χ0n) is 17.2. The monoisotopic (exact) mass is 385 g/mol. The first kappa shape index (κ1) is 20.2. The Morgan fingerprint density at radius 3 is 2.61 bits per heavy atom. The minimum absolute atomic E-state index is 0.0146. The Morgan fingerprint density at radius 1 is 1.18 bits per heavy atom. The number of furan rings is 1. The first-order valence-corrected chi connectivity index (χ1v) is 10.3. The molecule has 0 radical (unpaired) electrons. The topological polar surface area (TPSA) is 58.7 Å². The number of hydrogen-bond donors (Lipinski definition) is 0. The molecule has 0 aliphatic carbocycles. The van der Waals surface area contributed by atoms with Crippen LogP contribution in [0.1, 0.15) is 62.0 Å². The zero-order chi connectivity index (χ0) is 20.1. The van der Waals surface area contributed by atoms with Crippen molar-refractivity contribution in [3.8, 4) is 0 Å². The molecule has 0 unspecified atom stereocenters. The van der Waals surface area contributed by atoms with E-state index in [0.717, 1.165) is 50.4 Å². The number of rotatable bonds is 8. The summed E-state index contributed by atoms with van der Waals surface area (Å²) >= 11 is 0. The average Bonchev–Trinajstić information content (AvgIpc) is 3.43. The van der Waals surface area contributed by atoms with Gasteiger partial charge in [-0.25, -0.2) is 0 Å². The fraction of sp³-hybridized carbons (Fsp3) is 0.545. The lowest BCUT2D eigenvalue weighted by Crippen LogP contribution is -2.35. The van der Waals surface area contributed by atoms with E-state index in [0.29, 0.717) is 18.8 Å². The lowest BCUT2D eigenvalue weighted by Gasteiger charge is -2.24. The number of carbonyl (C=O) groups excluding carboxylic acids is 2. The van der Waals surface area contributed by atoms with Gasteiger partial charge in [-0.15, -0.1) is 0 Å². The number of likely N-dealkylation sites (tertiary alicyclic amines) is 1. The first-order chi connectivity index (χ1) is 13.5. The van der Waals surface area contributed by atoms with Gasteiger partial charge in [0.05, 0.1) is 13.1 Å². The molecule has 2 aromatic rings. The van der Waals surface area contributed by atoms with Gasteiger partial charge >= 0.3 is 0 Å². The molecule has 6 heteroatoms. The maximum absolute atomic E-state index is 12.5. The molecule has 0 aromatic carbocycles. The van der Waals surface area contributed by atoms with Crippen LogP contribution in [0.15, 0.2) is 34.9 Å². The zero-order valence-corrected chi connectivity index (χ0v) is 17.2. The largest absolute Gasteiger partial charge is 0.454 e. The molecule has 3 heterocycles. The number of amides is 2. The summed E-state index contributed by atoms with van der Waals surface area (Å²) in [5.41, 5.74) is 1.06. The van der Waals surface area contributed by atoms with Crippen LogP contribution in [0.3, 0.4) is 0 Å². The third-order valence-electron chi connectivity index (χ3n) is 5.17. The second-order valence-corrected chi connectivity index (χ2v) is 7.81. The molecule has 1 saturated heterocycles. The molecule has 0 atom stereocenters. The third kappa shape index (κ3) is 4.66. The predicted molar refractivity (Wildman–Crippen MR) is 108 cm³/mol. The van der Waals surface area contributed by atoms with Gasteiger partial charge < -0.3 is 18.8 Å². The first-order valence-electron chi connectivity index (χ1n) is 10.3. The van der Waals surface area contributed by atoms with E-state index in [4.69, 9.17) is 4.42 Å². The highest BCUT2D eigenvalue weighted by atomic mass is 16.4. The molecule has 2 aromatic heterocycles. The Kier molecular flexibility index (Phi) is 6.60. The van der Waals surface area contributed by atoms with Gasteiger partial charge in [-0.05, 0) is 43.5 Å². The van der Waals surface area contributed by atoms with Crippen molar-refractivity contribution in [2.45, 2.75) is 53.1 Å². The fourth-order valence-corrected chi connectivity index (χ4v) is 3.67. The molecule has 0 saturated carbocycles. The standard InChI is InChI=1S/C22H31N3O3/c1-4-11-25(21(26)17(2)3)15-18-8-7-14-24(18)16-19-9-10-20(28-19)22(27)23-12-5-6-13-23/h7-10,14,17H,4-6,11-13,15-16H2,1-3H3. The molecular formula is C22H31N3O3. The van der Waals surface area contributed by atoms with Gasteiger partial charge in [-0.1, -0.05) is 20.8 Å². The smallest absolute Gasteiger partial charge is 0.289 e. The molecule has 28 heavy (non-hydrogen) atoms. The van der Waals surface area contributed by atoms with Gasteiger partial charge in [0, 0.05) is 37.4 Å². The second kappa shape index (κ2) is 9.13. The van der Waals surface area contributed by atoms with Crippen LogP contribution >= 0.6 is 0 Å². The van der Waals surface area contributed by atoms with E-state index >= 15 is 0 Å². The fourth-order valence-electron chi connectivity index (χ4n) is 3.67. The predicted octanol–water partition coefficient (Wildman–Crippen LogP) is 3.76. The summed E-state index contributed by atoms with van der Waals surface area (Å²) in [4.78, 5) is 28.7. The van der Waals surface area contributed by atoms with Gasteiger partial charge in [0.2, 0.25) is 5.91 Å². The summed E-state index contributed by atoms with van der Waals surface area (Å²) in [6.45, 7) is 9.46. The number of nitrogens with zero attached hydrogens (tertiary/aromatic N) is 3. The average molecular weight is 386 g/mol. The molecule has 0 bridgehead atoms. The lowest BCUT2D eigenvalue weighted by molar-refractivity contribution is -0.135. The van der Waals surface area contributed by atoms with Crippen LogP contribution in [-0.2, 0) is 17.9 Å². The summed E-state index contributed by atoms with van der Waals surface area (Å²) in [6.07, 6.45) is 5.05. The summed E-state index contributed by atoms with van der Waals surface area (Å²) < 4.78 is 7.91. The van der Waals surface area contributed by atoms with Crippen LogP contribution in [0.2, 0.25) is 0 Å². The molecule has 0 N–H and O–H groups in total. The van der Waals surface area contributed by atoms with Crippen LogP contribution in [0.4, 0.5) is 0 Å². The summed E-state index contributed by atoms with van der Waals surface area (Å²) in [7, 11) is 0. The molecule has 2 amide bonds. The molecule has 152 valence electrons. The number of aromatic nitrogens is 1. The summed E-state index contributed by atoms with van der Waals surface area (Å²) in [5.74, 6) is 1.30. The minimum atomic E-state index is -0.0202. The van der Waals surface area contributed by atoms with Gasteiger partial charge in [0.15, 0.2) is 5.76 Å². The van der Waals surface area contributed by atoms with E-state index in [-0.39, 0.29) is 17.7 Å². The highest BCUT2D eigenvalue weighted by Gasteiger charge is 2.22. The quantitative estimate of drug-likeness (QED) is 0.695. The molecule has 3 rings (SSSR count). The van der Waals surface area contributed by atoms with Crippen molar-refractivity contribution in [2.24, 2.45) is 5.92 Å². The Balaban J connectivity index is 1.68. The number of hydrogen-bond acceptors (Lipinski definition) is 3. The van der Waals surface area contributed by atoms with Crippen LogP contribution < -0.4 is 0 Å². The van der Waals surface area contributed by atoms with Crippen LogP contribution in [0.25, 0.3) is 0 Å². The van der Waals surface area contributed by atoms with E-state index in [1.165, 1.54) is 0 Å². The molecule has 1 aliphatic rings. The van der Waals surface area contributed by atoms with Crippen LogP contribution in [-0.4, -0.2) is 45.8 Å². The Morgan fingerprint density at radius 2 is 1.93 bits per heavy atom. The molecular weight excluding hydrogens is 354 g/mol. The summed E-state index contributed by atoms with van der Waals surface area (Å²) in [5, 5.41) is 0. The molecule has 0 spiro atoms. The van der Waals surface area contributed by atoms with Gasteiger partial charge in [0.1, 0.15) is 5.76 Å². The van der Waals surface area contributed by atoms with Gasteiger partial charge in [0.25, 0.3) is 5.91 Å². The van der Waals surface area contributed by atoms with Crippen molar-refractivity contribution >= 4 is 11.8 Å². The van der Waals surface area contributed by atoms with E-state index in [1.807, 2.05) is 48.0 Å². The highest BCUT2D eigenvalue weighted by Crippen LogP contribution is 2.18. The lowest BCUT2D eigenvalue weighted by atomic mass is 10.2. The minimum Gasteiger partial charge on any atom is -0.454 e. The van der Waals surface area contributed by atoms with Crippen molar-refractivity contribution in [2.75, 3.05) is 19.6 Å². The highest BCUT2D eigenvalue weighted by molar-refractivity contribution is 5.91. The van der Waals surface area contributed by atoms with Crippen LogP contribution in [0.5, 0.6) is 0 Å². The molecule has 1 aliphatic heterocycles. The van der Waals surface area contributed by atoms with Crippen molar-refractivity contribution < 1.29 is 14.0 Å². The normalized spacial score (nSPS) is 14.1. The van der Waals surface area contributed by atoms with E-state index in [9.17, 15) is 9.59 Å². The van der Waals surface area contributed by atoms with E-state index in [2.05, 4.69) is 11.5 Å². The maximum atomic E-state index is 12.5. The third-order valence-corrected chi connectivity index (χ3v) is 5.17. The maximum Gasteiger partial charge on any atom is 0.289 e. The second-order valence-electron chi connectivity index (χ2n) is 7.81.